The largest absolute Gasteiger partial charge is 0.193 e. The van der Waals surface area contributed by atoms with Gasteiger partial charge in [-0.1, -0.05) is 38.1 Å². The van der Waals surface area contributed by atoms with E-state index in [2.05, 4.69) is 19.9 Å². The van der Waals surface area contributed by atoms with Crippen LogP contribution in [0.15, 0.2) is 30.3 Å². The Balaban J connectivity index is 3.06. The third-order valence-corrected chi connectivity index (χ3v) is 1.96. The van der Waals surface area contributed by atoms with E-state index < -0.39 is 0 Å². The van der Waals surface area contributed by atoms with Crippen LogP contribution in [0.4, 0.5) is 0 Å². The zero-order valence-corrected chi connectivity index (χ0v) is 7.99. The topological polar surface area (TPSA) is 23.8 Å². The molecule has 1 heteroatoms. The highest BCUT2D eigenvalue weighted by Crippen LogP contribution is 2.19. The lowest BCUT2D eigenvalue weighted by Gasteiger charge is -2.08. The Hall–Kier alpha value is -1.55. The van der Waals surface area contributed by atoms with E-state index in [9.17, 15) is 0 Å². The summed E-state index contributed by atoms with van der Waals surface area (Å²) in [5, 5.41) is 8.42. The van der Waals surface area contributed by atoms with Crippen molar-refractivity contribution < 1.29 is 0 Å². The summed E-state index contributed by atoms with van der Waals surface area (Å²) in [4.78, 5) is 0. The van der Waals surface area contributed by atoms with Crippen LogP contribution in [0, 0.1) is 11.3 Å². The molecule has 66 valence electrons. The molecule has 0 aliphatic heterocycles. The van der Waals surface area contributed by atoms with Crippen LogP contribution in [0.5, 0.6) is 0 Å². The van der Waals surface area contributed by atoms with E-state index in [-0.39, 0.29) is 0 Å². The highest BCUT2D eigenvalue weighted by atomic mass is 14.2. The Labute approximate surface area is 79.3 Å². The van der Waals surface area contributed by atoms with Gasteiger partial charge in [0.2, 0.25) is 0 Å². The summed E-state index contributed by atoms with van der Waals surface area (Å²) in [7, 11) is 0. The smallest absolute Gasteiger partial charge is 0.0912 e. The first-order valence-electron chi connectivity index (χ1n) is 4.41. The van der Waals surface area contributed by atoms with Crippen molar-refractivity contribution in [2.45, 2.75) is 19.8 Å². The van der Waals surface area contributed by atoms with E-state index in [0.29, 0.717) is 5.92 Å². The lowest BCUT2D eigenvalue weighted by molar-refractivity contribution is 0.864. The van der Waals surface area contributed by atoms with Crippen LogP contribution in [-0.4, -0.2) is 0 Å². The summed E-state index contributed by atoms with van der Waals surface area (Å²) in [6, 6.07) is 10.1. The fraction of sp³-hybridized carbons (Fsp3) is 0.250. The first kappa shape index (κ1) is 9.54. The molecule has 0 saturated heterocycles. The monoisotopic (exact) mass is 171 g/mol. The average Bonchev–Trinajstić information content (AvgIpc) is 2.15. The molecule has 13 heavy (non-hydrogen) atoms. The standard InChI is InChI=1S/C12H13N/c1-10(2)12-8-4-3-6-11(12)7-5-9-13/h3-8,10H,1-2H3. The summed E-state index contributed by atoms with van der Waals surface area (Å²) in [5.41, 5.74) is 2.42. The van der Waals surface area contributed by atoms with Crippen LogP contribution in [0.2, 0.25) is 0 Å². The Bertz CT molecular complexity index is 342. The zero-order valence-electron chi connectivity index (χ0n) is 7.99. The van der Waals surface area contributed by atoms with Gasteiger partial charge in [0.05, 0.1) is 6.07 Å². The second-order valence-electron chi connectivity index (χ2n) is 3.25. The molecule has 0 N–H and O–H groups in total. The van der Waals surface area contributed by atoms with Crippen LogP contribution < -0.4 is 0 Å². The third kappa shape index (κ3) is 2.45. The normalized spacial score (nSPS) is 10.6. The maximum Gasteiger partial charge on any atom is 0.0912 e. The lowest BCUT2D eigenvalue weighted by atomic mass is 9.97. The van der Waals surface area contributed by atoms with Crippen molar-refractivity contribution in [2.75, 3.05) is 0 Å². The number of nitriles is 1. The Morgan fingerprint density at radius 3 is 2.62 bits per heavy atom. The fourth-order valence-corrected chi connectivity index (χ4v) is 1.32. The number of rotatable bonds is 2. The van der Waals surface area contributed by atoms with Crippen molar-refractivity contribution in [3.05, 3.63) is 41.5 Å². The molecule has 0 radical (unpaired) electrons. The van der Waals surface area contributed by atoms with Crippen molar-refractivity contribution >= 4 is 6.08 Å². The van der Waals surface area contributed by atoms with Gasteiger partial charge in [0.15, 0.2) is 0 Å². The molecular formula is C12H13N. The molecule has 0 aliphatic carbocycles. The van der Waals surface area contributed by atoms with Gasteiger partial charge in [-0.2, -0.15) is 5.26 Å². The first-order valence-corrected chi connectivity index (χ1v) is 4.41. The van der Waals surface area contributed by atoms with E-state index >= 15 is 0 Å². The SMILES string of the molecule is CC(C)c1ccccc1C=CC#N. The highest BCUT2D eigenvalue weighted by Gasteiger charge is 2.01. The highest BCUT2D eigenvalue weighted by molar-refractivity contribution is 5.56. The summed E-state index contributed by atoms with van der Waals surface area (Å²) in [6.07, 6.45) is 3.37. The van der Waals surface area contributed by atoms with Crippen molar-refractivity contribution in [3.63, 3.8) is 0 Å². The van der Waals surface area contributed by atoms with E-state index in [4.69, 9.17) is 5.26 Å². The lowest BCUT2D eigenvalue weighted by Crippen LogP contribution is -1.90. The predicted octanol–water partition coefficient (Wildman–Crippen LogP) is 3.35. The van der Waals surface area contributed by atoms with Crippen molar-refractivity contribution in [1.29, 1.82) is 5.26 Å². The first-order chi connectivity index (χ1) is 6.25. The molecule has 0 unspecified atom stereocenters. The second-order valence-corrected chi connectivity index (χ2v) is 3.25. The van der Waals surface area contributed by atoms with Crippen molar-refractivity contribution in [2.24, 2.45) is 0 Å². The van der Waals surface area contributed by atoms with Gasteiger partial charge in [0.25, 0.3) is 0 Å². The van der Waals surface area contributed by atoms with E-state index in [0.717, 1.165) is 5.56 Å². The molecular weight excluding hydrogens is 158 g/mol. The Kier molecular flexibility index (Phi) is 3.28. The molecule has 0 aliphatic rings. The third-order valence-electron chi connectivity index (χ3n) is 1.96. The molecule has 1 nitrogen and oxygen atoms in total. The van der Waals surface area contributed by atoms with Crippen LogP contribution in [-0.2, 0) is 0 Å². The van der Waals surface area contributed by atoms with Gasteiger partial charge in [-0.25, -0.2) is 0 Å². The van der Waals surface area contributed by atoms with Gasteiger partial charge in [-0.3, -0.25) is 0 Å². The van der Waals surface area contributed by atoms with Gasteiger partial charge < -0.3 is 0 Å². The van der Waals surface area contributed by atoms with E-state index in [1.165, 1.54) is 11.6 Å². The fourth-order valence-electron chi connectivity index (χ4n) is 1.32. The van der Waals surface area contributed by atoms with Gasteiger partial charge in [0.1, 0.15) is 0 Å². The van der Waals surface area contributed by atoms with Crippen LogP contribution in [0.1, 0.15) is 30.9 Å². The molecule has 0 spiro atoms. The Morgan fingerprint density at radius 2 is 2.00 bits per heavy atom. The van der Waals surface area contributed by atoms with Gasteiger partial charge in [-0.05, 0) is 23.1 Å². The van der Waals surface area contributed by atoms with Crippen molar-refractivity contribution in [1.82, 2.24) is 0 Å². The minimum absolute atomic E-state index is 0.500. The molecule has 1 rings (SSSR count). The Morgan fingerprint density at radius 1 is 1.31 bits per heavy atom. The summed E-state index contributed by atoms with van der Waals surface area (Å²) in [5.74, 6) is 0.500. The zero-order chi connectivity index (χ0) is 9.68. The molecule has 1 aromatic rings. The molecule has 0 atom stereocenters. The molecule has 1 aromatic carbocycles. The van der Waals surface area contributed by atoms with Crippen LogP contribution in [0.25, 0.3) is 6.08 Å². The molecule has 0 saturated carbocycles. The number of hydrogen-bond donors (Lipinski definition) is 0. The predicted molar refractivity (Wildman–Crippen MR) is 55.2 cm³/mol. The number of benzene rings is 1. The minimum Gasteiger partial charge on any atom is -0.193 e. The van der Waals surface area contributed by atoms with Crippen LogP contribution in [0.3, 0.4) is 0 Å². The van der Waals surface area contributed by atoms with Crippen LogP contribution >= 0.6 is 0 Å². The second kappa shape index (κ2) is 4.47. The molecule has 0 bridgehead atoms. The van der Waals surface area contributed by atoms with Gasteiger partial charge >= 0.3 is 0 Å². The number of allylic oxidation sites excluding steroid dienone is 1. The molecule has 0 heterocycles. The van der Waals surface area contributed by atoms with E-state index in [1.807, 2.05) is 30.3 Å². The summed E-state index contributed by atoms with van der Waals surface area (Å²) < 4.78 is 0. The molecule has 0 aromatic heterocycles. The molecule has 0 amide bonds. The summed E-state index contributed by atoms with van der Waals surface area (Å²) >= 11 is 0. The van der Waals surface area contributed by atoms with Crippen molar-refractivity contribution in [3.8, 4) is 6.07 Å². The number of hydrogen-bond acceptors (Lipinski definition) is 1. The molecule has 0 fully saturated rings. The summed E-state index contributed by atoms with van der Waals surface area (Å²) in [6.45, 7) is 4.30. The van der Waals surface area contributed by atoms with E-state index in [1.54, 1.807) is 0 Å². The maximum absolute atomic E-state index is 8.42. The average molecular weight is 171 g/mol. The van der Waals surface area contributed by atoms with Gasteiger partial charge in [0, 0.05) is 6.08 Å². The maximum atomic E-state index is 8.42. The minimum atomic E-state index is 0.500. The van der Waals surface area contributed by atoms with Gasteiger partial charge in [-0.15, -0.1) is 0 Å². The number of nitrogens with zero attached hydrogens (tertiary/aromatic N) is 1. The quantitative estimate of drug-likeness (QED) is 0.626.